The van der Waals surface area contributed by atoms with Gasteiger partial charge in [0, 0.05) is 25.1 Å². The summed E-state index contributed by atoms with van der Waals surface area (Å²) >= 11 is 0. The highest BCUT2D eigenvalue weighted by Gasteiger charge is 2.03. The highest BCUT2D eigenvalue weighted by molar-refractivity contribution is 5.94. The predicted molar refractivity (Wildman–Crippen MR) is 104 cm³/mol. The van der Waals surface area contributed by atoms with Crippen molar-refractivity contribution in [2.24, 2.45) is 0 Å². The molecule has 1 rings (SSSR count). The molecule has 0 aliphatic heterocycles. The first kappa shape index (κ1) is 23.1. The Hall–Kier alpha value is -1.96. The normalized spacial score (nSPS) is 10.6. The van der Waals surface area contributed by atoms with Gasteiger partial charge in [0.05, 0.1) is 39.6 Å². The number of ether oxygens (including phenoxy) is 3. The minimum Gasteiger partial charge on any atom is -0.377 e. The Morgan fingerprint density at radius 2 is 1.33 bits per heavy atom. The molecule has 0 saturated carbocycles. The van der Waals surface area contributed by atoms with Gasteiger partial charge in [0.25, 0.3) is 5.91 Å². The number of nitrogens with one attached hydrogen (secondary N) is 2. The highest BCUT2D eigenvalue weighted by Crippen LogP contribution is 2.02. The average Bonchev–Trinajstić information content (AvgIpc) is 2.66. The summed E-state index contributed by atoms with van der Waals surface area (Å²) in [7, 11) is 0. The molecule has 1 aromatic carbocycles. The molecule has 0 aliphatic carbocycles. The van der Waals surface area contributed by atoms with Gasteiger partial charge in [-0.15, -0.1) is 0 Å². The molecule has 152 valence electrons. The van der Waals surface area contributed by atoms with Gasteiger partial charge < -0.3 is 24.8 Å². The Morgan fingerprint density at radius 1 is 0.815 bits per heavy atom. The number of hydrogen-bond acceptors (Lipinski definition) is 5. The van der Waals surface area contributed by atoms with E-state index in [4.69, 9.17) is 14.2 Å². The first-order chi connectivity index (χ1) is 13.1. The number of aryl methyl sites for hydroxylation is 1. The molecule has 2 amide bonds. The summed E-state index contributed by atoms with van der Waals surface area (Å²) in [4.78, 5) is 23.1. The van der Waals surface area contributed by atoms with Crippen molar-refractivity contribution in [2.75, 3.05) is 52.7 Å². The Kier molecular flexibility index (Phi) is 12.9. The van der Waals surface area contributed by atoms with Crippen LogP contribution in [0.2, 0.25) is 0 Å². The molecule has 0 heterocycles. The highest BCUT2D eigenvalue weighted by atomic mass is 16.5. The molecule has 0 atom stereocenters. The van der Waals surface area contributed by atoms with E-state index < -0.39 is 0 Å². The summed E-state index contributed by atoms with van der Waals surface area (Å²) in [5, 5.41) is 5.59. The minimum absolute atomic E-state index is 0.0598. The molecule has 7 nitrogen and oxygen atoms in total. The first-order valence-electron chi connectivity index (χ1n) is 9.48. The molecule has 27 heavy (non-hydrogen) atoms. The zero-order chi connectivity index (χ0) is 19.7. The molecular weight excluding hydrogens is 348 g/mol. The number of benzene rings is 1. The van der Waals surface area contributed by atoms with Gasteiger partial charge in [0.1, 0.15) is 0 Å². The second kappa shape index (κ2) is 15.1. The first-order valence-corrected chi connectivity index (χ1v) is 9.48. The van der Waals surface area contributed by atoms with Crippen LogP contribution in [0.1, 0.15) is 35.7 Å². The Labute approximate surface area is 161 Å². The van der Waals surface area contributed by atoms with Crippen LogP contribution in [0.15, 0.2) is 24.3 Å². The van der Waals surface area contributed by atoms with Gasteiger partial charge >= 0.3 is 0 Å². The van der Waals surface area contributed by atoms with Gasteiger partial charge in [-0.05, 0) is 25.5 Å². The van der Waals surface area contributed by atoms with Crippen molar-refractivity contribution in [3.63, 3.8) is 0 Å². The van der Waals surface area contributed by atoms with Crippen LogP contribution in [-0.2, 0) is 19.0 Å². The Bertz CT molecular complexity index is 534. The number of amides is 2. The van der Waals surface area contributed by atoms with Crippen molar-refractivity contribution in [3.05, 3.63) is 35.4 Å². The molecule has 0 saturated heterocycles. The lowest BCUT2D eigenvalue weighted by molar-refractivity contribution is -0.121. The number of hydrogen-bond donors (Lipinski definition) is 2. The minimum atomic E-state index is -0.0992. The van der Waals surface area contributed by atoms with E-state index in [0.717, 1.165) is 12.0 Å². The number of rotatable bonds is 15. The van der Waals surface area contributed by atoms with E-state index in [2.05, 4.69) is 10.6 Å². The summed E-state index contributed by atoms with van der Waals surface area (Å²) < 4.78 is 16.1. The van der Waals surface area contributed by atoms with Gasteiger partial charge in [-0.25, -0.2) is 0 Å². The van der Waals surface area contributed by atoms with Gasteiger partial charge in [0.2, 0.25) is 5.91 Å². The van der Waals surface area contributed by atoms with Crippen molar-refractivity contribution < 1.29 is 23.8 Å². The topological polar surface area (TPSA) is 85.9 Å². The van der Waals surface area contributed by atoms with E-state index in [1.54, 1.807) is 12.1 Å². The molecule has 1 aromatic rings. The largest absolute Gasteiger partial charge is 0.377 e. The van der Waals surface area contributed by atoms with E-state index in [9.17, 15) is 9.59 Å². The van der Waals surface area contributed by atoms with Crippen molar-refractivity contribution in [3.8, 4) is 0 Å². The summed E-state index contributed by atoms with van der Waals surface area (Å²) in [6.07, 6.45) is 1.40. The second-order valence-electron chi connectivity index (χ2n) is 6.06. The van der Waals surface area contributed by atoms with Crippen LogP contribution in [0, 0.1) is 6.92 Å². The molecule has 0 spiro atoms. The quantitative estimate of drug-likeness (QED) is 0.452. The van der Waals surface area contributed by atoms with Gasteiger partial charge in [0.15, 0.2) is 0 Å². The molecule has 0 aromatic heterocycles. The molecule has 0 aliphatic rings. The van der Waals surface area contributed by atoms with Crippen molar-refractivity contribution >= 4 is 11.8 Å². The fraction of sp³-hybridized carbons (Fsp3) is 0.600. The second-order valence-corrected chi connectivity index (χ2v) is 6.06. The molecule has 0 radical (unpaired) electrons. The van der Waals surface area contributed by atoms with E-state index in [0.29, 0.717) is 64.7 Å². The molecule has 7 heteroatoms. The van der Waals surface area contributed by atoms with Crippen LogP contribution in [0.5, 0.6) is 0 Å². The lowest BCUT2D eigenvalue weighted by Crippen LogP contribution is -2.27. The number of carbonyl (C=O) groups excluding carboxylic acids is 2. The fourth-order valence-corrected chi connectivity index (χ4v) is 2.16. The van der Waals surface area contributed by atoms with Gasteiger partial charge in [-0.1, -0.05) is 24.6 Å². The Balaban J connectivity index is 1.84. The van der Waals surface area contributed by atoms with Crippen molar-refractivity contribution in [1.82, 2.24) is 10.6 Å². The standard InChI is InChI=1S/C20H32N2O5/c1-3-4-19(23)21-9-11-25-13-15-27-16-14-26-12-10-22-20(24)18-7-5-17(2)6-8-18/h5-8H,3-4,9-16H2,1-2H3,(H,21,23)(H,22,24). The summed E-state index contributed by atoms with van der Waals surface area (Å²) in [5.74, 6) is -0.0394. The van der Waals surface area contributed by atoms with Crippen molar-refractivity contribution in [2.45, 2.75) is 26.7 Å². The fourth-order valence-electron chi connectivity index (χ4n) is 2.16. The molecular formula is C20H32N2O5. The molecule has 0 unspecified atom stereocenters. The maximum atomic E-state index is 11.9. The maximum Gasteiger partial charge on any atom is 0.251 e. The van der Waals surface area contributed by atoms with Gasteiger partial charge in [-0.3, -0.25) is 9.59 Å². The monoisotopic (exact) mass is 380 g/mol. The zero-order valence-electron chi connectivity index (χ0n) is 16.4. The summed E-state index contributed by atoms with van der Waals surface area (Å²) in [6, 6.07) is 7.44. The van der Waals surface area contributed by atoms with Crippen LogP contribution < -0.4 is 10.6 Å². The summed E-state index contributed by atoms with van der Waals surface area (Å²) in [6.45, 7) is 7.76. The van der Waals surface area contributed by atoms with E-state index in [1.807, 2.05) is 26.0 Å². The number of carbonyl (C=O) groups is 2. The van der Waals surface area contributed by atoms with Crippen LogP contribution in [0.3, 0.4) is 0 Å². The molecule has 0 fully saturated rings. The van der Waals surface area contributed by atoms with E-state index in [-0.39, 0.29) is 11.8 Å². The van der Waals surface area contributed by atoms with E-state index in [1.165, 1.54) is 0 Å². The molecule has 0 bridgehead atoms. The van der Waals surface area contributed by atoms with E-state index >= 15 is 0 Å². The third kappa shape index (κ3) is 12.1. The smallest absolute Gasteiger partial charge is 0.251 e. The summed E-state index contributed by atoms with van der Waals surface area (Å²) in [5.41, 5.74) is 1.77. The SMILES string of the molecule is CCCC(=O)NCCOCCOCCOCCNC(=O)c1ccc(C)cc1. The van der Waals surface area contributed by atoms with Gasteiger partial charge in [-0.2, -0.15) is 0 Å². The zero-order valence-corrected chi connectivity index (χ0v) is 16.4. The van der Waals surface area contributed by atoms with Crippen LogP contribution in [0.25, 0.3) is 0 Å². The lowest BCUT2D eigenvalue weighted by Gasteiger charge is -2.08. The van der Waals surface area contributed by atoms with Crippen LogP contribution in [-0.4, -0.2) is 64.5 Å². The predicted octanol–water partition coefficient (Wildman–Crippen LogP) is 1.69. The lowest BCUT2D eigenvalue weighted by atomic mass is 10.1. The van der Waals surface area contributed by atoms with Crippen LogP contribution in [0.4, 0.5) is 0 Å². The van der Waals surface area contributed by atoms with Crippen molar-refractivity contribution in [1.29, 1.82) is 0 Å². The maximum absolute atomic E-state index is 11.9. The Morgan fingerprint density at radius 3 is 1.89 bits per heavy atom. The molecule has 2 N–H and O–H groups in total. The average molecular weight is 380 g/mol. The third-order valence-electron chi connectivity index (χ3n) is 3.64. The van der Waals surface area contributed by atoms with Crippen LogP contribution >= 0.6 is 0 Å². The third-order valence-corrected chi connectivity index (χ3v) is 3.64.